The van der Waals surface area contributed by atoms with E-state index in [9.17, 15) is 5.11 Å². The fourth-order valence-corrected chi connectivity index (χ4v) is 2.41. The van der Waals surface area contributed by atoms with Gasteiger partial charge in [0, 0.05) is 6.54 Å². The number of fused-ring (bicyclic) bond motifs is 1. The van der Waals surface area contributed by atoms with Crippen LogP contribution in [-0.4, -0.2) is 5.11 Å². The Balaban J connectivity index is 2.87. The molecule has 0 saturated carbocycles. The fourth-order valence-electron chi connectivity index (χ4n) is 2.41. The molecule has 2 rings (SSSR count). The van der Waals surface area contributed by atoms with E-state index in [1.54, 1.807) is 6.07 Å². The highest BCUT2D eigenvalue weighted by molar-refractivity contribution is 5.89. The van der Waals surface area contributed by atoms with Crippen molar-refractivity contribution in [2.45, 2.75) is 32.7 Å². The molecule has 0 spiro atoms. The minimum absolute atomic E-state index is 0.0159. The third-order valence-electron chi connectivity index (χ3n) is 3.06. The molecule has 0 amide bonds. The highest BCUT2D eigenvalue weighted by Gasteiger charge is 2.20. The number of phenols is 1. The fraction of sp³-hybridized carbons (Fsp3) is 0.333. The van der Waals surface area contributed by atoms with Gasteiger partial charge in [-0.1, -0.05) is 39.0 Å². The van der Waals surface area contributed by atoms with Crippen LogP contribution in [0.1, 0.15) is 31.9 Å². The Morgan fingerprint density at radius 2 is 1.76 bits per heavy atom. The number of aromatic hydroxyl groups is 1. The first-order chi connectivity index (χ1) is 7.93. The van der Waals surface area contributed by atoms with E-state index in [2.05, 4.69) is 32.9 Å². The lowest BCUT2D eigenvalue weighted by molar-refractivity contribution is 0.476. The summed E-state index contributed by atoms with van der Waals surface area (Å²) in [5, 5.41) is 11.9. The third-order valence-corrected chi connectivity index (χ3v) is 3.06. The predicted octanol–water partition coefficient (Wildman–Crippen LogP) is 3.30. The molecule has 2 aromatic carbocycles. The topological polar surface area (TPSA) is 46.2 Å². The molecule has 0 unspecified atom stereocenters. The molecule has 0 fully saturated rings. The molecule has 0 heterocycles. The first-order valence-electron chi connectivity index (χ1n) is 5.88. The number of phenolic OH excluding ortho intramolecular Hbond substituents is 1. The van der Waals surface area contributed by atoms with E-state index in [0.29, 0.717) is 12.3 Å². The van der Waals surface area contributed by atoms with Crippen molar-refractivity contribution in [1.82, 2.24) is 0 Å². The van der Waals surface area contributed by atoms with Gasteiger partial charge in [-0.2, -0.15) is 0 Å². The van der Waals surface area contributed by atoms with Crippen LogP contribution in [0.5, 0.6) is 5.75 Å². The zero-order valence-electron chi connectivity index (χ0n) is 10.6. The smallest absolute Gasteiger partial charge is 0.116 e. The van der Waals surface area contributed by atoms with Crippen LogP contribution in [0.4, 0.5) is 0 Å². The summed E-state index contributed by atoms with van der Waals surface area (Å²) in [5.41, 5.74) is 8.21. The molecule has 0 radical (unpaired) electrons. The molecule has 2 heteroatoms. The lowest BCUT2D eigenvalue weighted by Crippen LogP contribution is -2.16. The van der Waals surface area contributed by atoms with Gasteiger partial charge >= 0.3 is 0 Å². The van der Waals surface area contributed by atoms with Crippen LogP contribution in [0.25, 0.3) is 10.8 Å². The van der Waals surface area contributed by atoms with Gasteiger partial charge in [0.1, 0.15) is 5.75 Å². The van der Waals surface area contributed by atoms with Crippen LogP contribution in [0.15, 0.2) is 30.3 Å². The molecule has 2 nitrogen and oxygen atoms in total. The van der Waals surface area contributed by atoms with Crippen LogP contribution < -0.4 is 5.73 Å². The summed E-state index contributed by atoms with van der Waals surface area (Å²) < 4.78 is 0. The third kappa shape index (κ3) is 2.13. The van der Waals surface area contributed by atoms with Gasteiger partial charge in [0.05, 0.1) is 0 Å². The van der Waals surface area contributed by atoms with Crippen molar-refractivity contribution in [1.29, 1.82) is 0 Å². The molecule has 0 aliphatic rings. The van der Waals surface area contributed by atoms with Crippen molar-refractivity contribution in [2.75, 3.05) is 0 Å². The van der Waals surface area contributed by atoms with Crippen LogP contribution >= 0.6 is 0 Å². The number of nitrogens with two attached hydrogens (primary N) is 1. The van der Waals surface area contributed by atoms with E-state index < -0.39 is 0 Å². The number of benzene rings is 2. The summed E-state index contributed by atoms with van der Waals surface area (Å²) in [6.07, 6.45) is 0. The second-order valence-corrected chi connectivity index (χ2v) is 5.46. The van der Waals surface area contributed by atoms with E-state index in [1.807, 2.05) is 12.1 Å². The maximum absolute atomic E-state index is 9.65. The Morgan fingerprint density at radius 1 is 1.12 bits per heavy atom. The molecule has 0 bridgehead atoms. The maximum atomic E-state index is 9.65. The molecule has 0 atom stereocenters. The highest BCUT2D eigenvalue weighted by Crippen LogP contribution is 2.34. The Kier molecular flexibility index (Phi) is 2.84. The monoisotopic (exact) mass is 229 g/mol. The van der Waals surface area contributed by atoms with Crippen LogP contribution in [-0.2, 0) is 12.0 Å². The molecule has 0 saturated heterocycles. The normalized spacial score (nSPS) is 12.0. The molecular weight excluding hydrogens is 210 g/mol. The quantitative estimate of drug-likeness (QED) is 0.788. The molecule has 2 aromatic rings. The first kappa shape index (κ1) is 11.9. The summed E-state index contributed by atoms with van der Waals surface area (Å²) in [6, 6.07) is 9.64. The van der Waals surface area contributed by atoms with Crippen molar-refractivity contribution in [3.05, 3.63) is 41.5 Å². The average Bonchev–Trinajstić information content (AvgIpc) is 2.25. The van der Waals surface area contributed by atoms with Gasteiger partial charge in [-0.25, -0.2) is 0 Å². The number of rotatable bonds is 1. The van der Waals surface area contributed by atoms with Gasteiger partial charge in [-0.05, 0) is 39.4 Å². The second kappa shape index (κ2) is 4.04. The van der Waals surface area contributed by atoms with Crippen molar-refractivity contribution < 1.29 is 5.11 Å². The van der Waals surface area contributed by atoms with E-state index in [1.165, 1.54) is 5.56 Å². The zero-order chi connectivity index (χ0) is 12.6. The van der Waals surface area contributed by atoms with E-state index >= 15 is 0 Å². The molecule has 90 valence electrons. The van der Waals surface area contributed by atoms with E-state index in [4.69, 9.17) is 5.73 Å². The molecule has 0 aromatic heterocycles. The van der Waals surface area contributed by atoms with E-state index in [-0.39, 0.29) is 5.41 Å². The van der Waals surface area contributed by atoms with Gasteiger partial charge in [0.25, 0.3) is 0 Å². The Hall–Kier alpha value is -1.54. The number of hydrogen-bond donors (Lipinski definition) is 2. The minimum atomic E-state index is 0.0159. The molecule has 17 heavy (non-hydrogen) atoms. The highest BCUT2D eigenvalue weighted by atomic mass is 16.3. The first-order valence-corrected chi connectivity index (χ1v) is 5.88. The lowest BCUT2D eigenvalue weighted by atomic mass is 9.80. The lowest BCUT2D eigenvalue weighted by Gasteiger charge is -2.25. The molecule has 3 N–H and O–H groups in total. The van der Waals surface area contributed by atoms with E-state index in [0.717, 1.165) is 16.3 Å². The Bertz CT molecular complexity index is 553. The summed E-state index contributed by atoms with van der Waals surface area (Å²) in [4.78, 5) is 0. The van der Waals surface area contributed by atoms with Gasteiger partial charge in [-0.3, -0.25) is 0 Å². The minimum Gasteiger partial charge on any atom is -0.508 e. The number of hydrogen-bond acceptors (Lipinski definition) is 2. The molecule has 0 aliphatic carbocycles. The SMILES string of the molecule is CC(C)(C)c1c(CN)ccc2ccc(O)cc12. The summed E-state index contributed by atoms with van der Waals surface area (Å²) in [6.45, 7) is 7.04. The summed E-state index contributed by atoms with van der Waals surface area (Å²) >= 11 is 0. The average molecular weight is 229 g/mol. The zero-order valence-corrected chi connectivity index (χ0v) is 10.6. The van der Waals surface area contributed by atoms with Gasteiger partial charge < -0.3 is 10.8 Å². The largest absolute Gasteiger partial charge is 0.508 e. The van der Waals surface area contributed by atoms with Crippen molar-refractivity contribution in [3.63, 3.8) is 0 Å². The maximum Gasteiger partial charge on any atom is 0.116 e. The Labute approximate surface area is 102 Å². The molecular formula is C15H19NO. The van der Waals surface area contributed by atoms with Crippen molar-refractivity contribution >= 4 is 10.8 Å². The summed E-state index contributed by atoms with van der Waals surface area (Å²) in [7, 11) is 0. The second-order valence-electron chi connectivity index (χ2n) is 5.46. The Morgan fingerprint density at radius 3 is 2.35 bits per heavy atom. The predicted molar refractivity (Wildman–Crippen MR) is 72.2 cm³/mol. The molecule has 0 aliphatic heterocycles. The van der Waals surface area contributed by atoms with Gasteiger partial charge in [-0.15, -0.1) is 0 Å². The van der Waals surface area contributed by atoms with Crippen molar-refractivity contribution in [3.8, 4) is 5.75 Å². The van der Waals surface area contributed by atoms with Crippen LogP contribution in [0.2, 0.25) is 0 Å². The standard InChI is InChI=1S/C15H19NO/c1-15(2,3)14-11(9-16)5-4-10-6-7-12(17)8-13(10)14/h4-8,17H,9,16H2,1-3H3. The van der Waals surface area contributed by atoms with Crippen LogP contribution in [0.3, 0.4) is 0 Å². The van der Waals surface area contributed by atoms with Gasteiger partial charge in [0.15, 0.2) is 0 Å². The van der Waals surface area contributed by atoms with Crippen LogP contribution in [0, 0.1) is 0 Å². The van der Waals surface area contributed by atoms with Gasteiger partial charge in [0.2, 0.25) is 0 Å². The van der Waals surface area contributed by atoms with Crippen molar-refractivity contribution in [2.24, 2.45) is 5.73 Å². The summed E-state index contributed by atoms with van der Waals surface area (Å²) in [5.74, 6) is 0.303.